The third-order valence-corrected chi connectivity index (χ3v) is 4.54. The molecule has 1 aliphatic rings. The van der Waals surface area contributed by atoms with Crippen molar-refractivity contribution in [1.29, 1.82) is 0 Å². The standard InChI is InChI=1S/C18H24N4O2/c1-13-5-4-8-19-17(13)24-12-15-6-9-22(10-7-15)18(23)16-11-14(2)20-21(16)3/h4-5,8,11,15H,6-7,9-10,12H2,1-3H3. The Kier molecular flexibility index (Phi) is 4.83. The molecule has 2 aromatic heterocycles. The number of pyridine rings is 1. The van der Waals surface area contributed by atoms with Crippen molar-refractivity contribution < 1.29 is 9.53 Å². The van der Waals surface area contributed by atoms with Crippen LogP contribution in [0.1, 0.15) is 34.6 Å². The van der Waals surface area contributed by atoms with Crippen LogP contribution in [0.2, 0.25) is 0 Å². The van der Waals surface area contributed by atoms with Crippen molar-refractivity contribution in [2.75, 3.05) is 19.7 Å². The maximum absolute atomic E-state index is 12.6. The number of nitrogens with zero attached hydrogens (tertiary/aromatic N) is 4. The summed E-state index contributed by atoms with van der Waals surface area (Å²) in [6.07, 6.45) is 3.66. The predicted molar refractivity (Wildman–Crippen MR) is 91.0 cm³/mol. The molecule has 0 bridgehead atoms. The van der Waals surface area contributed by atoms with Crippen LogP contribution >= 0.6 is 0 Å². The number of hydrogen-bond acceptors (Lipinski definition) is 4. The smallest absolute Gasteiger partial charge is 0.272 e. The maximum Gasteiger partial charge on any atom is 0.272 e. The maximum atomic E-state index is 12.6. The van der Waals surface area contributed by atoms with E-state index in [0.717, 1.165) is 37.2 Å². The highest BCUT2D eigenvalue weighted by Gasteiger charge is 2.26. The molecule has 0 radical (unpaired) electrons. The Morgan fingerprint density at radius 1 is 1.33 bits per heavy atom. The highest BCUT2D eigenvalue weighted by Crippen LogP contribution is 2.21. The van der Waals surface area contributed by atoms with Crippen LogP contribution in [0.5, 0.6) is 5.88 Å². The number of likely N-dealkylation sites (tertiary alicyclic amines) is 1. The molecule has 0 aliphatic carbocycles. The van der Waals surface area contributed by atoms with Gasteiger partial charge in [0.2, 0.25) is 5.88 Å². The number of aryl methyl sites for hydroxylation is 3. The van der Waals surface area contributed by atoms with Gasteiger partial charge >= 0.3 is 0 Å². The first-order valence-electron chi connectivity index (χ1n) is 8.39. The largest absolute Gasteiger partial charge is 0.477 e. The minimum absolute atomic E-state index is 0.0676. The Bertz CT molecular complexity index is 718. The molecule has 2 aromatic rings. The molecule has 0 atom stereocenters. The van der Waals surface area contributed by atoms with Gasteiger partial charge in [0.05, 0.1) is 12.3 Å². The molecular weight excluding hydrogens is 304 g/mol. The fourth-order valence-electron chi connectivity index (χ4n) is 3.09. The molecule has 0 unspecified atom stereocenters. The normalized spacial score (nSPS) is 15.5. The summed E-state index contributed by atoms with van der Waals surface area (Å²) in [6.45, 7) is 6.08. The second-order valence-electron chi connectivity index (χ2n) is 6.47. The van der Waals surface area contributed by atoms with E-state index in [2.05, 4.69) is 10.1 Å². The number of piperidine rings is 1. The van der Waals surface area contributed by atoms with E-state index in [1.54, 1.807) is 10.9 Å². The average molecular weight is 328 g/mol. The van der Waals surface area contributed by atoms with Crippen LogP contribution in [0, 0.1) is 19.8 Å². The highest BCUT2D eigenvalue weighted by atomic mass is 16.5. The molecule has 1 aliphatic heterocycles. The molecule has 128 valence electrons. The molecule has 0 saturated carbocycles. The van der Waals surface area contributed by atoms with Crippen LogP contribution in [0.25, 0.3) is 0 Å². The molecule has 1 amide bonds. The zero-order valence-electron chi connectivity index (χ0n) is 14.5. The number of carbonyl (C=O) groups is 1. The van der Waals surface area contributed by atoms with Crippen molar-refractivity contribution in [1.82, 2.24) is 19.7 Å². The monoisotopic (exact) mass is 328 g/mol. The zero-order chi connectivity index (χ0) is 17.1. The summed E-state index contributed by atoms with van der Waals surface area (Å²) in [5, 5.41) is 4.26. The van der Waals surface area contributed by atoms with Gasteiger partial charge in [-0.05, 0) is 44.7 Å². The minimum Gasteiger partial charge on any atom is -0.477 e. The van der Waals surface area contributed by atoms with Gasteiger partial charge in [0, 0.05) is 31.9 Å². The second-order valence-corrected chi connectivity index (χ2v) is 6.47. The summed E-state index contributed by atoms with van der Waals surface area (Å²) in [7, 11) is 1.82. The van der Waals surface area contributed by atoms with Crippen molar-refractivity contribution in [3.05, 3.63) is 41.3 Å². The molecule has 0 spiro atoms. The Morgan fingerprint density at radius 2 is 2.08 bits per heavy atom. The van der Waals surface area contributed by atoms with Crippen LogP contribution in [0.4, 0.5) is 0 Å². The van der Waals surface area contributed by atoms with Crippen LogP contribution < -0.4 is 4.74 Å². The SMILES string of the molecule is Cc1cc(C(=O)N2CCC(COc3ncccc3C)CC2)n(C)n1. The van der Waals surface area contributed by atoms with Gasteiger partial charge in [-0.2, -0.15) is 5.10 Å². The van der Waals surface area contributed by atoms with Crippen LogP contribution in [-0.2, 0) is 7.05 Å². The number of hydrogen-bond donors (Lipinski definition) is 0. The van der Waals surface area contributed by atoms with Gasteiger partial charge in [0.1, 0.15) is 5.69 Å². The van der Waals surface area contributed by atoms with Crippen LogP contribution in [0.15, 0.2) is 24.4 Å². The number of amides is 1. The first-order valence-corrected chi connectivity index (χ1v) is 8.39. The summed E-state index contributed by atoms with van der Waals surface area (Å²) in [4.78, 5) is 18.8. The molecule has 0 N–H and O–H groups in total. The third kappa shape index (κ3) is 3.58. The number of rotatable bonds is 4. The summed E-state index contributed by atoms with van der Waals surface area (Å²) in [5.41, 5.74) is 2.58. The zero-order valence-corrected chi connectivity index (χ0v) is 14.5. The van der Waals surface area contributed by atoms with Gasteiger partial charge in [-0.3, -0.25) is 9.48 Å². The van der Waals surface area contributed by atoms with Crippen LogP contribution in [-0.4, -0.2) is 45.3 Å². The Balaban J connectivity index is 1.51. The van der Waals surface area contributed by atoms with E-state index in [9.17, 15) is 4.79 Å². The van der Waals surface area contributed by atoms with E-state index in [0.29, 0.717) is 24.1 Å². The topological polar surface area (TPSA) is 60.3 Å². The predicted octanol–water partition coefficient (Wildman–Crippen LogP) is 2.36. The van der Waals surface area contributed by atoms with Crippen LogP contribution in [0.3, 0.4) is 0 Å². The van der Waals surface area contributed by atoms with Crippen molar-refractivity contribution in [3.63, 3.8) is 0 Å². The van der Waals surface area contributed by atoms with E-state index < -0.39 is 0 Å². The van der Waals surface area contributed by atoms with Crippen molar-refractivity contribution in [3.8, 4) is 5.88 Å². The number of aromatic nitrogens is 3. The lowest BCUT2D eigenvalue weighted by Crippen LogP contribution is -2.40. The fourth-order valence-corrected chi connectivity index (χ4v) is 3.09. The van der Waals surface area contributed by atoms with Crippen molar-refractivity contribution in [2.24, 2.45) is 13.0 Å². The molecule has 0 aromatic carbocycles. The summed E-state index contributed by atoms with van der Waals surface area (Å²) in [5.74, 6) is 1.24. The van der Waals surface area contributed by atoms with E-state index >= 15 is 0 Å². The van der Waals surface area contributed by atoms with E-state index in [4.69, 9.17) is 4.74 Å². The minimum atomic E-state index is 0.0676. The van der Waals surface area contributed by atoms with Gasteiger partial charge < -0.3 is 9.64 Å². The lowest BCUT2D eigenvalue weighted by Gasteiger charge is -2.31. The Morgan fingerprint density at radius 3 is 2.71 bits per heavy atom. The Hall–Kier alpha value is -2.37. The highest BCUT2D eigenvalue weighted by molar-refractivity contribution is 5.92. The summed E-state index contributed by atoms with van der Waals surface area (Å²) < 4.78 is 7.51. The molecule has 1 fully saturated rings. The lowest BCUT2D eigenvalue weighted by atomic mass is 9.97. The molecular formula is C18H24N4O2. The van der Waals surface area contributed by atoms with Gasteiger partial charge in [-0.1, -0.05) is 6.07 Å². The molecule has 3 heterocycles. The third-order valence-electron chi connectivity index (χ3n) is 4.54. The summed E-state index contributed by atoms with van der Waals surface area (Å²) >= 11 is 0. The quantitative estimate of drug-likeness (QED) is 0.864. The second kappa shape index (κ2) is 7.03. The average Bonchev–Trinajstić information content (AvgIpc) is 2.92. The van der Waals surface area contributed by atoms with Crippen molar-refractivity contribution in [2.45, 2.75) is 26.7 Å². The first-order chi connectivity index (χ1) is 11.5. The van der Waals surface area contributed by atoms with E-state index in [1.165, 1.54) is 0 Å². The fraction of sp³-hybridized carbons (Fsp3) is 0.500. The molecule has 6 heteroatoms. The Labute approximate surface area is 142 Å². The van der Waals surface area contributed by atoms with Gasteiger partial charge in [0.15, 0.2) is 0 Å². The van der Waals surface area contributed by atoms with Gasteiger partial charge in [0.25, 0.3) is 5.91 Å². The van der Waals surface area contributed by atoms with Crippen molar-refractivity contribution >= 4 is 5.91 Å². The summed E-state index contributed by atoms with van der Waals surface area (Å²) in [6, 6.07) is 5.76. The number of carbonyl (C=O) groups excluding carboxylic acids is 1. The molecule has 1 saturated heterocycles. The van der Waals surface area contributed by atoms with E-state index in [1.807, 2.05) is 44.0 Å². The van der Waals surface area contributed by atoms with E-state index in [-0.39, 0.29) is 5.91 Å². The van der Waals surface area contributed by atoms with Gasteiger partial charge in [-0.25, -0.2) is 4.98 Å². The molecule has 3 rings (SSSR count). The first kappa shape index (κ1) is 16.5. The molecule has 6 nitrogen and oxygen atoms in total. The number of ether oxygens (including phenoxy) is 1. The van der Waals surface area contributed by atoms with Gasteiger partial charge in [-0.15, -0.1) is 0 Å². The molecule has 24 heavy (non-hydrogen) atoms. The lowest BCUT2D eigenvalue weighted by molar-refractivity contribution is 0.0648.